The van der Waals surface area contributed by atoms with E-state index in [-0.39, 0.29) is 30.7 Å². The van der Waals surface area contributed by atoms with E-state index in [0.717, 1.165) is 44.1 Å². The second-order valence-electron chi connectivity index (χ2n) is 7.76. The standard InChI is InChI=1S/C22H30N2O4/c1-3-4-15-24-21(27)17-10-6-5-9-16(17)19(22(24)12-7-8-13-22)20(26)23-14-11-18(25)28-2/h5-6,9-10,19H,3-4,7-8,11-15H2,1-2H3,(H,23,26). The number of nitrogens with one attached hydrogen (secondary N) is 1. The Morgan fingerprint density at radius 2 is 1.96 bits per heavy atom. The number of methoxy groups -OCH3 is 1. The fraction of sp³-hybridized carbons (Fsp3) is 0.591. The molecule has 1 aliphatic heterocycles. The molecule has 1 aliphatic carbocycles. The number of esters is 1. The summed E-state index contributed by atoms with van der Waals surface area (Å²) < 4.78 is 4.66. The number of ether oxygens (including phenoxy) is 1. The lowest BCUT2D eigenvalue weighted by molar-refractivity contribution is -0.140. The molecule has 1 aromatic carbocycles. The third-order valence-corrected chi connectivity index (χ3v) is 6.15. The highest BCUT2D eigenvalue weighted by atomic mass is 16.5. The third kappa shape index (κ3) is 3.64. The highest BCUT2D eigenvalue weighted by molar-refractivity contribution is 6.02. The van der Waals surface area contributed by atoms with E-state index < -0.39 is 11.5 Å². The number of nitrogens with zero attached hydrogens (tertiary/aromatic N) is 1. The number of hydrogen-bond acceptors (Lipinski definition) is 4. The summed E-state index contributed by atoms with van der Waals surface area (Å²) in [5.41, 5.74) is 0.984. The van der Waals surface area contributed by atoms with E-state index in [1.54, 1.807) is 0 Å². The van der Waals surface area contributed by atoms with E-state index in [4.69, 9.17) is 0 Å². The van der Waals surface area contributed by atoms with Crippen LogP contribution in [0.1, 0.15) is 73.7 Å². The van der Waals surface area contributed by atoms with Gasteiger partial charge in [0, 0.05) is 18.7 Å². The number of benzene rings is 1. The zero-order valence-electron chi connectivity index (χ0n) is 16.8. The van der Waals surface area contributed by atoms with Crippen molar-refractivity contribution in [2.24, 2.45) is 0 Å². The summed E-state index contributed by atoms with van der Waals surface area (Å²) in [6.45, 7) is 3.03. The molecule has 1 saturated carbocycles. The van der Waals surface area contributed by atoms with Crippen LogP contribution in [0.3, 0.4) is 0 Å². The summed E-state index contributed by atoms with van der Waals surface area (Å²) in [6, 6.07) is 7.49. The van der Waals surface area contributed by atoms with Gasteiger partial charge < -0.3 is 15.0 Å². The van der Waals surface area contributed by atoms with Crippen LogP contribution in [0, 0.1) is 0 Å². The Morgan fingerprint density at radius 1 is 1.25 bits per heavy atom. The van der Waals surface area contributed by atoms with Gasteiger partial charge in [-0.15, -0.1) is 0 Å². The van der Waals surface area contributed by atoms with Crippen molar-refractivity contribution in [3.63, 3.8) is 0 Å². The molecule has 0 radical (unpaired) electrons. The van der Waals surface area contributed by atoms with Gasteiger partial charge in [0.05, 0.1) is 25.0 Å². The Bertz CT molecular complexity index is 740. The average Bonchev–Trinajstić information content (AvgIpc) is 3.17. The van der Waals surface area contributed by atoms with E-state index in [1.807, 2.05) is 29.2 Å². The average molecular weight is 386 g/mol. The Morgan fingerprint density at radius 3 is 2.64 bits per heavy atom. The van der Waals surface area contributed by atoms with Crippen molar-refractivity contribution in [3.8, 4) is 0 Å². The number of unbranched alkanes of at least 4 members (excludes halogenated alkanes) is 1. The molecule has 1 heterocycles. The van der Waals surface area contributed by atoms with Crippen LogP contribution in [-0.4, -0.2) is 48.4 Å². The molecule has 152 valence electrons. The van der Waals surface area contributed by atoms with Gasteiger partial charge in [-0.3, -0.25) is 14.4 Å². The Hall–Kier alpha value is -2.37. The zero-order chi connectivity index (χ0) is 20.1. The molecule has 1 spiro atoms. The second-order valence-corrected chi connectivity index (χ2v) is 7.76. The summed E-state index contributed by atoms with van der Waals surface area (Å²) in [6.07, 6.45) is 5.78. The summed E-state index contributed by atoms with van der Waals surface area (Å²) in [5, 5.41) is 2.92. The molecule has 0 saturated heterocycles. The predicted octanol–water partition coefficient (Wildman–Crippen LogP) is 3.02. The first-order valence-electron chi connectivity index (χ1n) is 10.3. The largest absolute Gasteiger partial charge is 0.469 e. The van der Waals surface area contributed by atoms with Gasteiger partial charge in [0.1, 0.15) is 0 Å². The summed E-state index contributed by atoms with van der Waals surface area (Å²) in [7, 11) is 1.34. The third-order valence-electron chi connectivity index (χ3n) is 6.15. The topological polar surface area (TPSA) is 75.7 Å². The quantitative estimate of drug-likeness (QED) is 0.731. The monoisotopic (exact) mass is 386 g/mol. The molecular weight excluding hydrogens is 356 g/mol. The fourth-order valence-electron chi connectivity index (χ4n) is 4.80. The first kappa shape index (κ1) is 20.4. The molecule has 0 aromatic heterocycles. The highest BCUT2D eigenvalue weighted by Crippen LogP contribution is 2.50. The zero-order valence-corrected chi connectivity index (χ0v) is 16.8. The molecule has 2 aliphatic rings. The number of fused-ring (bicyclic) bond motifs is 1. The fourth-order valence-corrected chi connectivity index (χ4v) is 4.80. The SMILES string of the molecule is CCCCN1C(=O)c2ccccc2C(C(=O)NCCC(=O)OC)C12CCCC2. The van der Waals surface area contributed by atoms with Crippen molar-refractivity contribution in [2.75, 3.05) is 20.2 Å². The van der Waals surface area contributed by atoms with Gasteiger partial charge in [-0.05, 0) is 30.9 Å². The van der Waals surface area contributed by atoms with Crippen molar-refractivity contribution in [1.29, 1.82) is 0 Å². The number of carbonyl (C=O) groups excluding carboxylic acids is 3. The van der Waals surface area contributed by atoms with Crippen LogP contribution in [0.25, 0.3) is 0 Å². The minimum atomic E-state index is -0.462. The van der Waals surface area contributed by atoms with E-state index in [2.05, 4.69) is 17.0 Å². The van der Waals surface area contributed by atoms with Gasteiger partial charge in [-0.1, -0.05) is 44.4 Å². The van der Waals surface area contributed by atoms with E-state index >= 15 is 0 Å². The van der Waals surface area contributed by atoms with Gasteiger partial charge in [-0.25, -0.2) is 0 Å². The molecule has 6 nitrogen and oxygen atoms in total. The predicted molar refractivity (Wildman–Crippen MR) is 106 cm³/mol. The van der Waals surface area contributed by atoms with Crippen LogP contribution in [0.2, 0.25) is 0 Å². The van der Waals surface area contributed by atoms with Gasteiger partial charge in [0.2, 0.25) is 5.91 Å². The number of hydrogen-bond donors (Lipinski definition) is 1. The molecule has 1 fully saturated rings. The van der Waals surface area contributed by atoms with Crippen molar-refractivity contribution in [3.05, 3.63) is 35.4 Å². The van der Waals surface area contributed by atoms with Gasteiger partial charge in [-0.2, -0.15) is 0 Å². The van der Waals surface area contributed by atoms with Crippen LogP contribution in [0.4, 0.5) is 0 Å². The van der Waals surface area contributed by atoms with Gasteiger partial charge in [0.15, 0.2) is 0 Å². The van der Waals surface area contributed by atoms with Crippen molar-refractivity contribution >= 4 is 17.8 Å². The number of amides is 2. The van der Waals surface area contributed by atoms with Crippen molar-refractivity contribution in [2.45, 2.75) is 63.3 Å². The first-order valence-corrected chi connectivity index (χ1v) is 10.3. The van der Waals surface area contributed by atoms with Crippen LogP contribution >= 0.6 is 0 Å². The second kappa shape index (κ2) is 8.76. The maximum atomic E-state index is 13.3. The Balaban J connectivity index is 1.96. The molecule has 1 aromatic rings. The smallest absolute Gasteiger partial charge is 0.307 e. The maximum absolute atomic E-state index is 13.3. The normalized spacial score (nSPS) is 20.1. The maximum Gasteiger partial charge on any atom is 0.307 e. The summed E-state index contributed by atoms with van der Waals surface area (Å²) in [4.78, 5) is 40.0. The van der Waals surface area contributed by atoms with E-state index in [1.165, 1.54) is 7.11 Å². The molecule has 6 heteroatoms. The number of carbonyl (C=O) groups is 3. The molecular formula is C22H30N2O4. The van der Waals surface area contributed by atoms with Crippen molar-refractivity contribution in [1.82, 2.24) is 10.2 Å². The van der Waals surface area contributed by atoms with Crippen molar-refractivity contribution < 1.29 is 19.1 Å². The summed E-state index contributed by atoms with van der Waals surface area (Å²) in [5.74, 6) is -0.810. The lowest BCUT2D eigenvalue weighted by Gasteiger charge is -2.50. The molecule has 1 unspecified atom stereocenters. The number of rotatable bonds is 7. The lowest BCUT2D eigenvalue weighted by atomic mass is 9.71. The molecule has 0 bridgehead atoms. The highest BCUT2D eigenvalue weighted by Gasteiger charge is 2.55. The van der Waals surface area contributed by atoms with Crippen LogP contribution in [0.15, 0.2) is 24.3 Å². The lowest BCUT2D eigenvalue weighted by Crippen LogP contribution is -2.60. The molecule has 3 rings (SSSR count). The minimum absolute atomic E-state index is 0.0459. The van der Waals surface area contributed by atoms with Gasteiger partial charge in [0.25, 0.3) is 5.91 Å². The molecule has 1 N–H and O–H groups in total. The Kier molecular flexibility index (Phi) is 6.37. The van der Waals surface area contributed by atoms with E-state index in [9.17, 15) is 14.4 Å². The molecule has 2 amide bonds. The first-order chi connectivity index (χ1) is 13.5. The Labute approximate surface area is 166 Å². The molecule has 28 heavy (non-hydrogen) atoms. The van der Waals surface area contributed by atoms with Crippen LogP contribution in [0.5, 0.6) is 0 Å². The van der Waals surface area contributed by atoms with E-state index in [0.29, 0.717) is 12.1 Å². The minimum Gasteiger partial charge on any atom is -0.469 e. The van der Waals surface area contributed by atoms with Gasteiger partial charge >= 0.3 is 5.97 Å². The van der Waals surface area contributed by atoms with Crippen LogP contribution < -0.4 is 5.32 Å². The summed E-state index contributed by atoms with van der Waals surface area (Å²) >= 11 is 0. The van der Waals surface area contributed by atoms with Crippen LogP contribution in [-0.2, 0) is 14.3 Å². The molecule has 1 atom stereocenters.